The van der Waals surface area contributed by atoms with E-state index in [0.29, 0.717) is 6.04 Å². The molecule has 0 radical (unpaired) electrons. The largest absolute Gasteiger partial charge is 0.353 e. The third-order valence-corrected chi connectivity index (χ3v) is 3.45. The van der Waals surface area contributed by atoms with Crippen LogP contribution >= 0.6 is 0 Å². The van der Waals surface area contributed by atoms with Crippen LogP contribution in [-0.2, 0) is 4.79 Å². The summed E-state index contributed by atoms with van der Waals surface area (Å²) in [4.78, 5) is 14.0. The van der Waals surface area contributed by atoms with Gasteiger partial charge in [-0.2, -0.15) is 0 Å². The number of rotatable bonds is 3. The van der Waals surface area contributed by atoms with Crippen LogP contribution in [0.4, 0.5) is 0 Å². The molecule has 0 saturated carbocycles. The standard InChI is InChI=1S/C11H21N3O/c1-2-10-11(15)13-6-7-14(10)8-9-4-3-5-12-9/h9-10,12H,2-8H2,1H3,(H,13,15)/t9-,10?/m1/s1. The normalized spacial score (nSPS) is 33.0. The van der Waals surface area contributed by atoms with E-state index in [1.807, 2.05) is 0 Å². The van der Waals surface area contributed by atoms with Crippen molar-refractivity contribution < 1.29 is 4.79 Å². The Morgan fingerprint density at radius 1 is 1.47 bits per heavy atom. The minimum absolute atomic E-state index is 0.0983. The lowest BCUT2D eigenvalue weighted by Gasteiger charge is -2.36. The summed E-state index contributed by atoms with van der Waals surface area (Å²) in [5.74, 6) is 0.210. The fourth-order valence-electron chi connectivity index (χ4n) is 2.62. The predicted octanol–water partition coefficient (Wildman–Crippen LogP) is -0.0512. The van der Waals surface area contributed by atoms with E-state index in [4.69, 9.17) is 0 Å². The molecule has 0 aromatic heterocycles. The minimum atomic E-state index is 0.0983. The number of hydrogen-bond acceptors (Lipinski definition) is 3. The summed E-state index contributed by atoms with van der Waals surface area (Å²) in [6, 6.07) is 0.700. The minimum Gasteiger partial charge on any atom is -0.353 e. The molecule has 2 rings (SSSR count). The first kappa shape index (κ1) is 10.9. The van der Waals surface area contributed by atoms with E-state index >= 15 is 0 Å². The molecule has 0 aromatic rings. The van der Waals surface area contributed by atoms with Gasteiger partial charge in [-0.3, -0.25) is 9.69 Å². The van der Waals surface area contributed by atoms with Gasteiger partial charge in [0.15, 0.2) is 0 Å². The van der Waals surface area contributed by atoms with Crippen LogP contribution in [0.25, 0.3) is 0 Å². The maximum Gasteiger partial charge on any atom is 0.237 e. The molecular weight excluding hydrogens is 190 g/mol. The molecule has 0 aliphatic carbocycles. The van der Waals surface area contributed by atoms with Crippen LogP contribution in [0.2, 0.25) is 0 Å². The highest BCUT2D eigenvalue weighted by Crippen LogP contribution is 2.13. The van der Waals surface area contributed by atoms with Crippen molar-refractivity contribution in [3.8, 4) is 0 Å². The Morgan fingerprint density at radius 2 is 2.33 bits per heavy atom. The second-order valence-electron chi connectivity index (χ2n) is 4.50. The van der Waals surface area contributed by atoms with Gasteiger partial charge < -0.3 is 10.6 Å². The molecule has 2 atom stereocenters. The highest BCUT2D eigenvalue weighted by molar-refractivity contribution is 5.82. The highest BCUT2D eigenvalue weighted by Gasteiger charge is 2.30. The van der Waals surface area contributed by atoms with Crippen LogP contribution in [0.3, 0.4) is 0 Å². The lowest BCUT2D eigenvalue weighted by Crippen LogP contribution is -2.57. The fraction of sp³-hybridized carbons (Fsp3) is 0.909. The van der Waals surface area contributed by atoms with Gasteiger partial charge in [-0.05, 0) is 25.8 Å². The molecule has 86 valence electrons. The van der Waals surface area contributed by atoms with Gasteiger partial charge in [-0.25, -0.2) is 0 Å². The summed E-state index contributed by atoms with van der Waals surface area (Å²) in [6.45, 7) is 6.07. The Kier molecular flexibility index (Phi) is 3.59. The molecule has 4 heteroatoms. The summed E-state index contributed by atoms with van der Waals surface area (Å²) in [7, 11) is 0. The Balaban J connectivity index is 1.90. The van der Waals surface area contributed by atoms with Crippen LogP contribution in [-0.4, -0.2) is 49.1 Å². The second kappa shape index (κ2) is 4.94. The summed E-state index contributed by atoms with van der Waals surface area (Å²) in [5.41, 5.74) is 0. The van der Waals surface area contributed by atoms with E-state index in [0.717, 1.165) is 32.6 Å². The fourth-order valence-corrected chi connectivity index (χ4v) is 2.62. The van der Waals surface area contributed by atoms with Crippen molar-refractivity contribution in [1.82, 2.24) is 15.5 Å². The van der Waals surface area contributed by atoms with Crippen LogP contribution in [0, 0.1) is 0 Å². The van der Waals surface area contributed by atoms with Crippen molar-refractivity contribution in [2.45, 2.75) is 38.3 Å². The van der Waals surface area contributed by atoms with Gasteiger partial charge in [-0.1, -0.05) is 6.92 Å². The molecule has 4 nitrogen and oxygen atoms in total. The maximum absolute atomic E-state index is 11.6. The number of carbonyl (C=O) groups is 1. The maximum atomic E-state index is 11.6. The van der Waals surface area contributed by atoms with Crippen molar-refractivity contribution in [2.75, 3.05) is 26.2 Å². The van der Waals surface area contributed by atoms with Gasteiger partial charge >= 0.3 is 0 Å². The molecule has 2 fully saturated rings. The predicted molar refractivity (Wildman–Crippen MR) is 59.7 cm³/mol. The average molecular weight is 211 g/mol. The van der Waals surface area contributed by atoms with E-state index in [-0.39, 0.29) is 11.9 Å². The third kappa shape index (κ3) is 2.49. The van der Waals surface area contributed by atoms with Crippen molar-refractivity contribution in [3.63, 3.8) is 0 Å². The smallest absolute Gasteiger partial charge is 0.237 e. The molecule has 0 spiro atoms. The van der Waals surface area contributed by atoms with E-state index in [1.54, 1.807) is 0 Å². The SMILES string of the molecule is CCC1C(=O)NCCN1C[C@H]1CCCN1. The summed E-state index contributed by atoms with van der Waals surface area (Å²) >= 11 is 0. The van der Waals surface area contributed by atoms with Crippen molar-refractivity contribution in [3.05, 3.63) is 0 Å². The Hall–Kier alpha value is -0.610. The average Bonchev–Trinajstić information content (AvgIpc) is 2.71. The summed E-state index contributed by atoms with van der Waals surface area (Å²) in [6.07, 6.45) is 3.45. The van der Waals surface area contributed by atoms with Crippen LogP contribution < -0.4 is 10.6 Å². The first-order valence-electron chi connectivity index (χ1n) is 6.06. The number of hydrogen-bond donors (Lipinski definition) is 2. The van der Waals surface area contributed by atoms with E-state index < -0.39 is 0 Å². The van der Waals surface area contributed by atoms with E-state index in [1.165, 1.54) is 12.8 Å². The molecule has 0 aromatic carbocycles. The van der Waals surface area contributed by atoms with Crippen LogP contribution in [0.1, 0.15) is 26.2 Å². The molecule has 0 bridgehead atoms. The molecular formula is C11H21N3O. The Morgan fingerprint density at radius 3 is 3.00 bits per heavy atom. The van der Waals surface area contributed by atoms with E-state index in [9.17, 15) is 4.79 Å². The molecule has 2 heterocycles. The molecule has 2 aliphatic rings. The molecule has 2 saturated heterocycles. The van der Waals surface area contributed by atoms with Gasteiger partial charge in [0.05, 0.1) is 6.04 Å². The zero-order chi connectivity index (χ0) is 10.7. The zero-order valence-electron chi connectivity index (χ0n) is 9.46. The van der Waals surface area contributed by atoms with Crippen LogP contribution in [0.15, 0.2) is 0 Å². The van der Waals surface area contributed by atoms with Crippen LogP contribution in [0.5, 0.6) is 0 Å². The number of carbonyl (C=O) groups excluding carboxylic acids is 1. The first-order chi connectivity index (χ1) is 7.31. The highest BCUT2D eigenvalue weighted by atomic mass is 16.2. The topological polar surface area (TPSA) is 44.4 Å². The third-order valence-electron chi connectivity index (χ3n) is 3.45. The Bertz CT molecular complexity index is 226. The molecule has 1 unspecified atom stereocenters. The number of nitrogens with zero attached hydrogens (tertiary/aromatic N) is 1. The lowest BCUT2D eigenvalue weighted by molar-refractivity contribution is -0.129. The summed E-state index contributed by atoms with van der Waals surface area (Å²) in [5, 5.41) is 6.43. The van der Waals surface area contributed by atoms with Gasteiger partial charge in [0.25, 0.3) is 0 Å². The Labute approximate surface area is 91.4 Å². The van der Waals surface area contributed by atoms with Crippen molar-refractivity contribution >= 4 is 5.91 Å². The van der Waals surface area contributed by atoms with Gasteiger partial charge in [-0.15, -0.1) is 0 Å². The second-order valence-corrected chi connectivity index (χ2v) is 4.50. The summed E-state index contributed by atoms with van der Waals surface area (Å²) < 4.78 is 0. The number of amides is 1. The lowest BCUT2D eigenvalue weighted by atomic mass is 10.1. The first-order valence-corrected chi connectivity index (χ1v) is 6.06. The molecule has 2 aliphatic heterocycles. The van der Waals surface area contributed by atoms with Crippen molar-refractivity contribution in [1.29, 1.82) is 0 Å². The molecule has 15 heavy (non-hydrogen) atoms. The van der Waals surface area contributed by atoms with Gasteiger partial charge in [0, 0.05) is 25.7 Å². The molecule has 1 amide bonds. The zero-order valence-corrected chi connectivity index (χ0v) is 9.46. The van der Waals surface area contributed by atoms with Crippen molar-refractivity contribution in [2.24, 2.45) is 0 Å². The number of piperazine rings is 1. The number of nitrogens with one attached hydrogen (secondary N) is 2. The van der Waals surface area contributed by atoms with Gasteiger partial charge in [0.2, 0.25) is 5.91 Å². The van der Waals surface area contributed by atoms with E-state index in [2.05, 4.69) is 22.5 Å². The van der Waals surface area contributed by atoms with Gasteiger partial charge in [0.1, 0.15) is 0 Å². The molecule has 2 N–H and O–H groups in total. The quantitative estimate of drug-likeness (QED) is 0.688. The monoisotopic (exact) mass is 211 g/mol.